The van der Waals surface area contributed by atoms with E-state index in [1.807, 2.05) is 25.1 Å². The minimum absolute atomic E-state index is 0.212. The molecular formula is C28H35N7O2. The predicted molar refractivity (Wildman–Crippen MR) is 145 cm³/mol. The van der Waals surface area contributed by atoms with Crippen LogP contribution in [0.4, 0.5) is 17.6 Å². The normalized spacial score (nSPS) is 19.8. The Morgan fingerprint density at radius 2 is 1.86 bits per heavy atom. The molecule has 3 aromatic rings. The number of carbonyl (C=O) groups is 1. The lowest BCUT2D eigenvalue weighted by atomic mass is 10.1. The molecule has 5 rings (SSSR count). The Morgan fingerprint density at radius 1 is 1.05 bits per heavy atom. The van der Waals surface area contributed by atoms with E-state index in [4.69, 9.17) is 14.7 Å². The average Bonchev–Trinajstić information content (AvgIpc) is 3.34. The first-order valence-electron chi connectivity index (χ1n) is 13.2. The molecule has 37 heavy (non-hydrogen) atoms. The molecular weight excluding hydrogens is 466 g/mol. The van der Waals surface area contributed by atoms with Crippen LogP contribution in [0.15, 0.2) is 42.9 Å². The van der Waals surface area contributed by atoms with E-state index < -0.39 is 0 Å². The highest BCUT2D eigenvalue weighted by Gasteiger charge is 2.29. The van der Waals surface area contributed by atoms with Gasteiger partial charge in [0.05, 0.1) is 17.9 Å². The molecule has 2 atom stereocenters. The summed E-state index contributed by atoms with van der Waals surface area (Å²) < 4.78 is 5.12. The van der Waals surface area contributed by atoms with Crippen molar-refractivity contribution in [3.63, 3.8) is 0 Å². The minimum atomic E-state index is -0.334. The lowest BCUT2D eigenvalue weighted by molar-refractivity contribution is 0.0526. The number of esters is 1. The topological polar surface area (TPSA) is 87.6 Å². The van der Waals surface area contributed by atoms with Crippen molar-refractivity contribution in [2.75, 3.05) is 47.5 Å². The fourth-order valence-electron chi connectivity index (χ4n) is 5.31. The average molecular weight is 502 g/mol. The van der Waals surface area contributed by atoms with Gasteiger partial charge in [0.15, 0.2) is 0 Å². The first-order valence-corrected chi connectivity index (χ1v) is 13.2. The second kappa shape index (κ2) is 10.7. The molecule has 0 amide bonds. The van der Waals surface area contributed by atoms with E-state index in [-0.39, 0.29) is 12.0 Å². The van der Waals surface area contributed by atoms with E-state index in [0.717, 1.165) is 73.4 Å². The van der Waals surface area contributed by atoms with Crippen molar-refractivity contribution in [3.8, 4) is 11.3 Å². The molecule has 0 bridgehead atoms. The zero-order chi connectivity index (χ0) is 25.9. The van der Waals surface area contributed by atoms with Crippen molar-refractivity contribution in [2.45, 2.75) is 52.6 Å². The quantitative estimate of drug-likeness (QED) is 0.463. The molecule has 9 nitrogen and oxygen atoms in total. The monoisotopic (exact) mass is 501 g/mol. The molecule has 2 fully saturated rings. The number of hydrogen-bond acceptors (Lipinski definition) is 9. The summed E-state index contributed by atoms with van der Waals surface area (Å²) in [5, 5.41) is 0. The van der Waals surface area contributed by atoms with Crippen molar-refractivity contribution in [1.29, 1.82) is 0 Å². The minimum Gasteiger partial charge on any atom is -0.462 e. The molecule has 9 heteroatoms. The molecule has 0 radical (unpaired) electrons. The van der Waals surface area contributed by atoms with Gasteiger partial charge in [-0.25, -0.2) is 14.8 Å². The number of piperazine rings is 1. The van der Waals surface area contributed by atoms with Crippen LogP contribution in [0.2, 0.25) is 0 Å². The Hall–Kier alpha value is -3.75. The summed E-state index contributed by atoms with van der Waals surface area (Å²) in [6.07, 6.45) is 7.55. The van der Waals surface area contributed by atoms with Gasteiger partial charge >= 0.3 is 5.97 Å². The summed E-state index contributed by atoms with van der Waals surface area (Å²) >= 11 is 0. The van der Waals surface area contributed by atoms with Crippen LogP contribution in [0.25, 0.3) is 11.3 Å². The van der Waals surface area contributed by atoms with Crippen LogP contribution in [-0.4, -0.2) is 70.8 Å². The molecule has 0 N–H and O–H groups in total. The first kappa shape index (κ1) is 24.9. The van der Waals surface area contributed by atoms with Crippen molar-refractivity contribution in [2.24, 2.45) is 0 Å². The molecule has 3 aromatic heterocycles. The van der Waals surface area contributed by atoms with Gasteiger partial charge in [-0.3, -0.25) is 4.98 Å². The molecule has 5 heterocycles. The maximum atomic E-state index is 12.1. The third kappa shape index (κ3) is 5.21. The lowest BCUT2D eigenvalue weighted by Gasteiger charge is -2.41. The van der Waals surface area contributed by atoms with Crippen molar-refractivity contribution < 1.29 is 9.53 Å². The maximum absolute atomic E-state index is 12.1. The number of hydrogen-bond donors (Lipinski definition) is 0. The summed E-state index contributed by atoms with van der Waals surface area (Å²) in [5.74, 6) is 2.33. The van der Waals surface area contributed by atoms with Crippen molar-refractivity contribution in [3.05, 3.63) is 54.0 Å². The second-order valence-corrected chi connectivity index (χ2v) is 9.91. The number of carbonyl (C=O) groups excluding carboxylic acids is 1. The van der Waals surface area contributed by atoms with Crippen LogP contribution in [0.1, 0.15) is 49.5 Å². The van der Waals surface area contributed by atoms with Gasteiger partial charge in [0, 0.05) is 68.5 Å². The summed E-state index contributed by atoms with van der Waals surface area (Å²) in [7, 11) is 0. The van der Waals surface area contributed by atoms with Crippen LogP contribution in [0.5, 0.6) is 0 Å². The fourth-order valence-corrected chi connectivity index (χ4v) is 5.31. The van der Waals surface area contributed by atoms with E-state index in [1.165, 1.54) is 0 Å². The first-order chi connectivity index (χ1) is 17.9. The smallest absolute Gasteiger partial charge is 0.339 e. The number of ether oxygens (including phenoxy) is 1. The van der Waals surface area contributed by atoms with Gasteiger partial charge < -0.3 is 19.4 Å². The van der Waals surface area contributed by atoms with Gasteiger partial charge in [0.2, 0.25) is 5.95 Å². The largest absolute Gasteiger partial charge is 0.462 e. The highest BCUT2D eigenvalue weighted by atomic mass is 16.5. The van der Waals surface area contributed by atoms with Crippen LogP contribution in [0, 0.1) is 6.92 Å². The number of anilines is 3. The number of rotatable bonds is 6. The van der Waals surface area contributed by atoms with E-state index in [0.29, 0.717) is 18.2 Å². The Morgan fingerprint density at radius 3 is 2.54 bits per heavy atom. The maximum Gasteiger partial charge on any atom is 0.339 e. The molecule has 0 saturated carbocycles. The molecule has 2 aliphatic rings. The summed E-state index contributed by atoms with van der Waals surface area (Å²) in [4.78, 5) is 37.9. The van der Waals surface area contributed by atoms with E-state index in [2.05, 4.69) is 44.6 Å². The molecule has 2 saturated heterocycles. The predicted octanol–water partition coefficient (Wildman–Crippen LogP) is 4.12. The standard InChI is InChI=1S/C28H35N7O2/c1-5-37-27(36)23-15-19(2)26(30-17-23)33-13-14-34(21(4)18-33)25-16-24(22-8-10-29-11-9-22)31-28(32-25)35-12-6-7-20(35)3/h8-11,15-17,20-21H,5-7,12-14,18H2,1-4H3/t20?,21-/m1/s1. The van der Waals surface area contributed by atoms with E-state index in [1.54, 1.807) is 25.5 Å². The number of nitrogens with zero attached hydrogens (tertiary/aromatic N) is 7. The van der Waals surface area contributed by atoms with Gasteiger partial charge in [-0.05, 0) is 64.3 Å². The van der Waals surface area contributed by atoms with Crippen LogP contribution in [0.3, 0.4) is 0 Å². The summed E-state index contributed by atoms with van der Waals surface area (Å²) in [5.41, 5.74) is 3.42. The summed E-state index contributed by atoms with van der Waals surface area (Å²) in [6, 6.07) is 8.61. The van der Waals surface area contributed by atoms with Crippen molar-refractivity contribution in [1.82, 2.24) is 19.9 Å². The zero-order valence-electron chi connectivity index (χ0n) is 22.1. The molecule has 0 spiro atoms. The Balaban J connectivity index is 1.40. The van der Waals surface area contributed by atoms with Gasteiger partial charge in [-0.2, -0.15) is 4.98 Å². The van der Waals surface area contributed by atoms with Crippen LogP contribution < -0.4 is 14.7 Å². The highest BCUT2D eigenvalue weighted by molar-refractivity contribution is 5.89. The molecule has 0 aliphatic carbocycles. The fraction of sp³-hybridized carbons (Fsp3) is 0.464. The van der Waals surface area contributed by atoms with Gasteiger partial charge in [-0.1, -0.05) is 0 Å². The molecule has 0 aromatic carbocycles. The van der Waals surface area contributed by atoms with Gasteiger partial charge in [0.25, 0.3) is 0 Å². The van der Waals surface area contributed by atoms with E-state index in [9.17, 15) is 4.79 Å². The molecule has 1 unspecified atom stereocenters. The van der Waals surface area contributed by atoms with Crippen molar-refractivity contribution >= 4 is 23.6 Å². The molecule has 194 valence electrons. The molecule has 2 aliphatic heterocycles. The number of pyridine rings is 2. The van der Waals surface area contributed by atoms with Gasteiger partial charge in [-0.15, -0.1) is 0 Å². The third-order valence-electron chi connectivity index (χ3n) is 7.27. The van der Waals surface area contributed by atoms with Crippen LogP contribution >= 0.6 is 0 Å². The second-order valence-electron chi connectivity index (χ2n) is 9.91. The third-order valence-corrected chi connectivity index (χ3v) is 7.27. The Bertz CT molecular complexity index is 1250. The van der Waals surface area contributed by atoms with Gasteiger partial charge in [0.1, 0.15) is 11.6 Å². The SMILES string of the molecule is CCOC(=O)c1cnc(N2CCN(c3cc(-c4ccncc4)nc(N4CCCC4C)n3)[C@H](C)C2)c(C)c1. The number of aromatic nitrogens is 4. The Labute approximate surface area is 218 Å². The highest BCUT2D eigenvalue weighted by Crippen LogP contribution is 2.31. The number of aryl methyl sites for hydroxylation is 1. The van der Waals surface area contributed by atoms with Crippen LogP contribution in [-0.2, 0) is 4.74 Å². The zero-order valence-corrected chi connectivity index (χ0v) is 22.1. The lowest BCUT2D eigenvalue weighted by Crippen LogP contribution is -2.53. The Kier molecular flexibility index (Phi) is 7.21. The summed E-state index contributed by atoms with van der Waals surface area (Å²) in [6.45, 7) is 12.0. The van der Waals surface area contributed by atoms with E-state index >= 15 is 0 Å².